The lowest BCUT2D eigenvalue weighted by atomic mass is 9.97. The zero-order chi connectivity index (χ0) is 9.84. The van der Waals surface area contributed by atoms with Crippen molar-refractivity contribution in [1.82, 2.24) is 0 Å². The molecule has 0 amide bonds. The van der Waals surface area contributed by atoms with Crippen LogP contribution in [0.1, 0.15) is 12.8 Å². The van der Waals surface area contributed by atoms with Crippen molar-refractivity contribution in [3.05, 3.63) is 22.9 Å². The lowest BCUT2D eigenvalue weighted by Gasteiger charge is -2.11. The summed E-state index contributed by atoms with van der Waals surface area (Å²) >= 11 is 0. The van der Waals surface area contributed by atoms with Crippen LogP contribution in [-0.4, -0.2) is 19.3 Å². The number of methoxy groups -OCH3 is 1. The summed E-state index contributed by atoms with van der Waals surface area (Å²) in [6.45, 7) is 0. The molecule has 1 rings (SSSR count). The molecule has 0 aliphatic heterocycles. The van der Waals surface area contributed by atoms with E-state index in [0.717, 1.165) is 5.57 Å². The third kappa shape index (κ3) is 1.96. The SMILES string of the molecule is COC(=O)C1=CC(N)=C(C=[NH2+])CC1. The van der Waals surface area contributed by atoms with Gasteiger partial charge >= 0.3 is 5.97 Å². The first kappa shape index (κ1) is 9.51. The minimum Gasteiger partial charge on any atom is -0.466 e. The minimum absolute atomic E-state index is 0.320. The largest absolute Gasteiger partial charge is 0.466 e. The molecule has 4 N–H and O–H groups in total. The molecule has 0 aromatic rings. The maximum absolute atomic E-state index is 11.1. The van der Waals surface area contributed by atoms with Crippen LogP contribution < -0.4 is 11.1 Å². The average Bonchev–Trinajstić information content (AvgIpc) is 2.16. The van der Waals surface area contributed by atoms with Gasteiger partial charge in [0.05, 0.1) is 7.11 Å². The van der Waals surface area contributed by atoms with Gasteiger partial charge < -0.3 is 10.5 Å². The van der Waals surface area contributed by atoms with Crippen LogP contribution in [0.25, 0.3) is 0 Å². The van der Waals surface area contributed by atoms with Crippen LogP contribution in [0.2, 0.25) is 0 Å². The predicted octanol–water partition coefficient (Wildman–Crippen LogP) is -1.08. The summed E-state index contributed by atoms with van der Waals surface area (Å²) in [5.41, 5.74) is 7.69. The number of carbonyl (C=O) groups is 1. The summed E-state index contributed by atoms with van der Waals surface area (Å²) in [7, 11) is 1.35. The normalized spacial score (nSPS) is 16.5. The fraction of sp³-hybridized carbons (Fsp3) is 0.333. The van der Waals surface area contributed by atoms with E-state index in [1.165, 1.54) is 13.3 Å². The summed E-state index contributed by atoms with van der Waals surface area (Å²) in [6.07, 6.45) is 4.42. The van der Waals surface area contributed by atoms with Crippen molar-refractivity contribution in [2.45, 2.75) is 12.8 Å². The molecule has 0 unspecified atom stereocenters. The first-order valence-corrected chi connectivity index (χ1v) is 4.01. The van der Waals surface area contributed by atoms with E-state index in [9.17, 15) is 4.79 Å². The van der Waals surface area contributed by atoms with Gasteiger partial charge in [0.2, 0.25) is 0 Å². The smallest absolute Gasteiger partial charge is 0.333 e. The quantitative estimate of drug-likeness (QED) is 0.420. The van der Waals surface area contributed by atoms with Crippen molar-refractivity contribution in [3.8, 4) is 0 Å². The number of esters is 1. The Balaban J connectivity index is 2.89. The van der Waals surface area contributed by atoms with Crippen LogP contribution in [0.5, 0.6) is 0 Å². The molecule has 0 atom stereocenters. The van der Waals surface area contributed by atoms with E-state index in [1.807, 2.05) is 0 Å². The highest BCUT2D eigenvalue weighted by Crippen LogP contribution is 2.20. The summed E-state index contributed by atoms with van der Waals surface area (Å²) in [4.78, 5) is 11.1. The summed E-state index contributed by atoms with van der Waals surface area (Å²) in [5, 5.41) is 5.34. The zero-order valence-electron chi connectivity index (χ0n) is 7.54. The van der Waals surface area contributed by atoms with Crippen molar-refractivity contribution in [2.24, 2.45) is 5.73 Å². The molecular formula is C9H13N2O2+. The van der Waals surface area contributed by atoms with Crippen LogP contribution in [0.15, 0.2) is 22.9 Å². The number of hydrogen-bond acceptors (Lipinski definition) is 3. The van der Waals surface area contributed by atoms with E-state index < -0.39 is 0 Å². The highest BCUT2D eigenvalue weighted by atomic mass is 16.5. The molecule has 0 fully saturated rings. The molecule has 4 nitrogen and oxygen atoms in total. The Kier molecular flexibility index (Phi) is 2.84. The Labute approximate surface area is 76.6 Å². The molecule has 0 heterocycles. The number of allylic oxidation sites excluding steroid dienone is 2. The second-order valence-corrected chi connectivity index (χ2v) is 2.81. The Morgan fingerprint density at radius 1 is 1.69 bits per heavy atom. The maximum atomic E-state index is 11.1. The van der Waals surface area contributed by atoms with Gasteiger partial charge in [-0.25, -0.2) is 4.79 Å². The Morgan fingerprint density at radius 3 is 2.85 bits per heavy atom. The lowest BCUT2D eigenvalue weighted by Crippen LogP contribution is -2.32. The number of carbonyl (C=O) groups excluding carboxylic acids is 1. The van der Waals surface area contributed by atoms with E-state index >= 15 is 0 Å². The molecular weight excluding hydrogens is 168 g/mol. The molecule has 70 valence electrons. The summed E-state index contributed by atoms with van der Waals surface area (Å²) < 4.78 is 4.58. The van der Waals surface area contributed by atoms with Crippen LogP contribution in [0.3, 0.4) is 0 Å². The van der Waals surface area contributed by atoms with Crippen LogP contribution in [0, 0.1) is 0 Å². The molecule has 13 heavy (non-hydrogen) atoms. The summed E-state index contributed by atoms with van der Waals surface area (Å²) in [6, 6.07) is 0. The fourth-order valence-corrected chi connectivity index (χ4v) is 1.24. The van der Waals surface area contributed by atoms with Crippen LogP contribution in [0.4, 0.5) is 0 Å². The third-order valence-electron chi connectivity index (χ3n) is 2.01. The molecule has 0 aromatic heterocycles. The van der Waals surface area contributed by atoms with Crippen molar-refractivity contribution in [3.63, 3.8) is 0 Å². The van der Waals surface area contributed by atoms with Crippen molar-refractivity contribution in [2.75, 3.05) is 7.11 Å². The average molecular weight is 181 g/mol. The number of ether oxygens (including phenoxy) is 1. The summed E-state index contributed by atoms with van der Waals surface area (Å²) in [5.74, 6) is -0.320. The van der Waals surface area contributed by atoms with Gasteiger partial charge in [0.25, 0.3) is 0 Å². The maximum Gasteiger partial charge on any atom is 0.333 e. The Bertz CT molecular complexity index is 303. The van der Waals surface area contributed by atoms with Gasteiger partial charge in [-0.3, -0.25) is 5.41 Å². The van der Waals surface area contributed by atoms with E-state index in [-0.39, 0.29) is 5.97 Å². The molecule has 4 heteroatoms. The van der Waals surface area contributed by atoms with Gasteiger partial charge in [-0.15, -0.1) is 0 Å². The minimum atomic E-state index is -0.320. The van der Waals surface area contributed by atoms with Gasteiger partial charge in [-0.1, -0.05) is 0 Å². The van der Waals surface area contributed by atoms with Crippen LogP contribution >= 0.6 is 0 Å². The van der Waals surface area contributed by atoms with Crippen molar-refractivity contribution in [1.29, 1.82) is 0 Å². The first-order chi connectivity index (χ1) is 6.19. The highest BCUT2D eigenvalue weighted by Gasteiger charge is 2.16. The van der Waals surface area contributed by atoms with Gasteiger partial charge in [-0.2, -0.15) is 0 Å². The molecule has 0 radical (unpaired) electrons. The van der Waals surface area contributed by atoms with Gasteiger partial charge in [0.15, 0.2) is 6.21 Å². The van der Waals surface area contributed by atoms with Gasteiger partial charge in [0.1, 0.15) is 0 Å². The molecule has 0 spiro atoms. The number of nitrogens with two attached hydrogens (primary N) is 2. The van der Waals surface area contributed by atoms with E-state index in [2.05, 4.69) is 4.74 Å². The Morgan fingerprint density at radius 2 is 2.38 bits per heavy atom. The van der Waals surface area contributed by atoms with Crippen molar-refractivity contribution < 1.29 is 14.9 Å². The number of rotatable bonds is 2. The second-order valence-electron chi connectivity index (χ2n) is 2.81. The molecule has 0 saturated carbocycles. The van der Waals surface area contributed by atoms with Gasteiger partial charge in [-0.05, 0) is 18.9 Å². The molecule has 0 bridgehead atoms. The standard InChI is InChI=1S/C9H12N2O2/c1-13-9(12)6-2-3-7(5-10)8(11)4-6/h4-5,10H,2-3,11H2,1H3/p+1. The highest BCUT2D eigenvalue weighted by molar-refractivity contribution is 5.90. The molecule has 0 saturated heterocycles. The monoisotopic (exact) mass is 181 g/mol. The molecule has 0 aromatic carbocycles. The first-order valence-electron chi connectivity index (χ1n) is 4.01. The topological polar surface area (TPSA) is 77.9 Å². The Hall–Kier alpha value is -1.58. The number of hydrogen-bond donors (Lipinski definition) is 2. The fourth-order valence-electron chi connectivity index (χ4n) is 1.24. The third-order valence-corrected chi connectivity index (χ3v) is 2.01. The molecule has 1 aliphatic carbocycles. The van der Waals surface area contributed by atoms with Crippen LogP contribution in [-0.2, 0) is 9.53 Å². The predicted molar refractivity (Wildman–Crippen MR) is 48.5 cm³/mol. The molecule has 1 aliphatic rings. The van der Waals surface area contributed by atoms with Gasteiger partial charge in [0, 0.05) is 16.8 Å². The van der Waals surface area contributed by atoms with E-state index in [0.29, 0.717) is 24.1 Å². The zero-order valence-corrected chi connectivity index (χ0v) is 7.54. The van der Waals surface area contributed by atoms with E-state index in [4.69, 9.17) is 11.1 Å². The second kappa shape index (κ2) is 3.89. The van der Waals surface area contributed by atoms with E-state index in [1.54, 1.807) is 6.08 Å². The van der Waals surface area contributed by atoms with Crippen molar-refractivity contribution >= 4 is 12.2 Å². The lowest BCUT2D eigenvalue weighted by molar-refractivity contribution is -0.136.